The zero-order valence-electron chi connectivity index (χ0n) is 18.2. The van der Waals surface area contributed by atoms with Gasteiger partial charge in [-0.25, -0.2) is 0 Å². The van der Waals surface area contributed by atoms with Gasteiger partial charge in [0.1, 0.15) is 11.3 Å². The molecule has 2 amide bonds. The number of methoxy groups -OCH3 is 1. The molecule has 1 N–H and O–H groups in total. The first kappa shape index (κ1) is 21.6. The van der Waals surface area contributed by atoms with Crippen molar-refractivity contribution in [2.75, 3.05) is 33.3 Å². The number of amides is 2. The zero-order valence-corrected chi connectivity index (χ0v) is 18.2. The highest BCUT2D eigenvalue weighted by Crippen LogP contribution is 2.15. The molecule has 4 rings (SSSR count). The van der Waals surface area contributed by atoms with E-state index in [0.717, 1.165) is 16.7 Å². The molecule has 1 aliphatic heterocycles. The van der Waals surface area contributed by atoms with Gasteiger partial charge in [0.2, 0.25) is 5.91 Å². The van der Waals surface area contributed by atoms with Gasteiger partial charge in [0, 0.05) is 38.1 Å². The molecule has 0 unspecified atom stereocenters. The first-order chi connectivity index (χ1) is 15.5. The third-order valence-corrected chi connectivity index (χ3v) is 5.91. The number of hydrogen-bond acceptors (Lipinski definition) is 4. The van der Waals surface area contributed by atoms with Crippen LogP contribution in [0.2, 0.25) is 0 Å². The summed E-state index contributed by atoms with van der Waals surface area (Å²) in [6.45, 7) is 2.02. The average molecular weight is 434 g/mol. The molecule has 1 saturated heterocycles. The van der Waals surface area contributed by atoms with Crippen molar-refractivity contribution in [3.05, 3.63) is 76.1 Å². The van der Waals surface area contributed by atoms with Crippen LogP contribution >= 0.6 is 0 Å². The van der Waals surface area contributed by atoms with Crippen molar-refractivity contribution in [3.63, 3.8) is 0 Å². The molecule has 0 bridgehead atoms. The maximum atomic E-state index is 13.0. The monoisotopic (exact) mass is 433 g/mol. The van der Waals surface area contributed by atoms with Crippen LogP contribution in [-0.4, -0.2) is 59.9 Å². The van der Waals surface area contributed by atoms with Gasteiger partial charge >= 0.3 is 0 Å². The number of H-pyrrole nitrogens is 1. The van der Waals surface area contributed by atoms with Gasteiger partial charge in [0.15, 0.2) is 0 Å². The molecule has 7 nitrogen and oxygen atoms in total. The number of aromatic nitrogens is 1. The van der Waals surface area contributed by atoms with Gasteiger partial charge in [-0.05, 0) is 48.1 Å². The molecule has 0 atom stereocenters. The van der Waals surface area contributed by atoms with Gasteiger partial charge in [-0.15, -0.1) is 0 Å². The zero-order chi connectivity index (χ0) is 22.5. The second kappa shape index (κ2) is 9.68. The Morgan fingerprint density at radius 3 is 2.47 bits per heavy atom. The summed E-state index contributed by atoms with van der Waals surface area (Å²) >= 11 is 0. The normalized spacial score (nSPS) is 14.3. The number of hydrogen-bond donors (Lipinski definition) is 1. The fourth-order valence-electron chi connectivity index (χ4n) is 4.05. The van der Waals surface area contributed by atoms with Crippen LogP contribution in [0.15, 0.2) is 59.4 Å². The molecule has 0 spiro atoms. The number of ether oxygens (including phenoxy) is 1. The van der Waals surface area contributed by atoms with Gasteiger partial charge in [0.05, 0.1) is 7.11 Å². The smallest absolute Gasteiger partial charge is 0.261 e. The van der Waals surface area contributed by atoms with Gasteiger partial charge in [0.25, 0.3) is 11.5 Å². The molecule has 2 aromatic carbocycles. The van der Waals surface area contributed by atoms with E-state index in [1.165, 1.54) is 0 Å². The first-order valence-electron chi connectivity index (χ1n) is 10.9. The molecule has 7 heteroatoms. The first-order valence-corrected chi connectivity index (χ1v) is 10.9. The van der Waals surface area contributed by atoms with E-state index in [-0.39, 0.29) is 22.9 Å². The second-order valence-electron chi connectivity index (χ2n) is 7.97. The molecule has 166 valence electrons. The molecule has 1 aromatic heterocycles. The Balaban J connectivity index is 1.37. The number of carbonyl (C=O) groups is 2. The highest BCUT2D eigenvalue weighted by atomic mass is 16.5. The number of para-hydroxylation sites is 1. The number of aromatic amines is 1. The van der Waals surface area contributed by atoms with Crippen LogP contribution in [-0.2, 0) is 11.2 Å². The Morgan fingerprint density at radius 2 is 1.69 bits per heavy atom. The lowest BCUT2D eigenvalue weighted by Gasteiger charge is -2.22. The van der Waals surface area contributed by atoms with Crippen molar-refractivity contribution in [1.82, 2.24) is 14.8 Å². The SMILES string of the molecule is COc1ccc(CCC(=O)N2CCCN(C(=O)c3cc4ccccc4[nH]c3=O)CC2)cc1. The maximum absolute atomic E-state index is 13.0. The fourth-order valence-corrected chi connectivity index (χ4v) is 4.05. The maximum Gasteiger partial charge on any atom is 0.261 e. The summed E-state index contributed by atoms with van der Waals surface area (Å²) in [6, 6.07) is 16.8. The van der Waals surface area contributed by atoms with Gasteiger partial charge in [-0.3, -0.25) is 14.4 Å². The highest BCUT2D eigenvalue weighted by molar-refractivity contribution is 5.97. The van der Waals surface area contributed by atoms with E-state index in [4.69, 9.17) is 4.74 Å². The topological polar surface area (TPSA) is 82.7 Å². The lowest BCUT2D eigenvalue weighted by atomic mass is 10.1. The number of aryl methyl sites for hydroxylation is 1. The third kappa shape index (κ3) is 4.82. The van der Waals surface area contributed by atoms with Crippen LogP contribution in [0.3, 0.4) is 0 Å². The van der Waals surface area contributed by atoms with E-state index in [9.17, 15) is 14.4 Å². The molecule has 3 aromatic rings. The minimum atomic E-state index is -0.384. The standard InChI is InChI=1S/C25H27N3O4/c1-32-20-10-7-18(8-11-20)9-12-23(29)27-13-4-14-28(16-15-27)25(31)21-17-19-5-2-3-6-22(19)26-24(21)30/h2-3,5-8,10-11,17H,4,9,12-16H2,1H3,(H,26,30). The van der Waals surface area contributed by atoms with Crippen LogP contribution in [0.5, 0.6) is 5.75 Å². The lowest BCUT2D eigenvalue weighted by Crippen LogP contribution is -2.39. The van der Waals surface area contributed by atoms with Crippen LogP contribution in [0.25, 0.3) is 10.9 Å². The minimum absolute atomic E-state index is 0.0821. The quantitative estimate of drug-likeness (QED) is 0.671. The molecular formula is C25H27N3O4. The van der Waals surface area contributed by atoms with Crippen molar-refractivity contribution in [2.24, 2.45) is 0 Å². The van der Waals surface area contributed by atoms with Crippen molar-refractivity contribution < 1.29 is 14.3 Å². The van der Waals surface area contributed by atoms with Crippen molar-refractivity contribution >= 4 is 22.7 Å². The van der Waals surface area contributed by atoms with Crippen molar-refractivity contribution in [2.45, 2.75) is 19.3 Å². The van der Waals surface area contributed by atoms with E-state index >= 15 is 0 Å². The van der Waals surface area contributed by atoms with E-state index in [0.29, 0.717) is 51.0 Å². The Bertz CT molecular complexity index is 1170. The van der Waals surface area contributed by atoms with Gasteiger partial charge < -0.3 is 19.5 Å². The molecular weight excluding hydrogens is 406 g/mol. The predicted octanol–water partition coefficient (Wildman–Crippen LogP) is 2.84. The number of carbonyl (C=O) groups excluding carboxylic acids is 2. The summed E-state index contributed by atoms with van der Waals surface area (Å²) in [6.07, 6.45) is 1.77. The summed E-state index contributed by atoms with van der Waals surface area (Å²) in [7, 11) is 1.63. The predicted molar refractivity (Wildman–Crippen MR) is 123 cm³/mol. The number of rotatable bonds is 5. The molecule has 1 fully saturated rings. The van der Waals surface area contributed by atoms with Crippen molar-refractivity contribution in [1.29, 1.82) is 0 Å². The van der Waals surface area contributed by atoms with E-state index in [1.54, 1.807) is 18.1 Å². The van der Waals surface area contributed by atoms with Crippen LogP contribution in [0.4, 0.5) is 0 Å². The molecule has 0 saturated carbocycles. The lowest BCUT2D eigenvalue weighted by molar-refractivity contribution is -0.131. The number of nitrogens with zero attached hydrogens (tertiary/aromatic N) is 2. The summed E-state index contributed by atoms with van der Waals surface area (Å²) < 4.78 is 5.16. The Kier molecular flexibility index (Phi) is 6.54. The third-order valence-electron chi connectivity index (χ3n) is 5.91. The van der Waals surface area contributed by atoms with Crippen molar-refractivity contribution in [3.8, 4) is 5.75 Å². The number of benzene rings is 2. The fraction of sp³-hybridized carbons (Fsp3) is 0.320. The Hall–Kier alpha value is -3.61. The molecule has 2 heterocycles. The van der Waals surface area contributed by atoms with Gasteiger partial charge in [-0.2, -0.15) is 0 Å². The van der Waals surface area contributed by atoms with Crippen LogP contribution in [0.1, 0.15) is 28.8 Å². The molecule has 0 aliphatic carbocycles. The van der Waals surface area contributed by atoms with E-state index in [2.05, 4.69) is 4.98 Å². The largest absolute Gasteiger partial charge is 0.497 e. The molecule has 32 heavy (non-hydrogen) atoms. The van der Waals surface area contributed by atoms with Crippen LogP contribution < -0.4 is 10.3 Å². The van der Waals surface area contributed by atoms with Crippen LogP contribution in [0, 0.1) is 0 Å². The molecule has 1 aliphatic rings. The summed E-state index contributed by atoms with van der Waals surface area (Å²) in [4.78, 5) is 44.5. The second-order valence-corrected chi connectivity index (χ2v) is 7.97. The number of nitrogens with one attached hydrogen (secondary N) is 1. The average Bonchev–Trinajstić information content (AvgIpc) is 3.08. The summed E-state index contributed by atoms with van der Waals surface area (Å²) in [5.41, 5.74) is 1.55. The summed E-state index contributed by atoms with van der Waals surface area (Å²) in [5, 5.41) is 0.820. The number of fused-ring (bicyclic) bond motifs is 1. The Morgan fingerprint density at radius 1 is 0.969 bits per heavy atom. The van der Waals surface area contributed by atoms with E-state index in [1.807, 2.05) is 53.4 Å². The number of pyridine rings is 1. The minimum Gasteiger partial charge on any atom is -0.497 e. The summed E-state index contributed by atoms with van der Waals surface area (Å²) in [5.74, 6) is 0.589. The van der Waals surface area contributed by atoms with E-state index < -0.39 is 0 Å². The molecule has 0 radical (unpaired) electrons. The Labute approximate surface area is 186 Å². The highest BCUT2D eigenvalue weighted by Gasteiger charge is 2.24. The van der Waals surface area contributed by atoms with Gasteiger partial charge in [-0.1, -0.05) is 30.3 Å².